The van der Waals surface area contributed by atoms with Crippen LogP contribution in [0.15, 0.2) is 29.2 Å². The molecule has 0 atom stereocenters. The Morgan fingerprint density at radius 2 is 1.50 bits per heavy atom. The molecule has 1 aliphatic carbocycles. The van der Waals surface area contributed by atoms with Gasteiger partial charge in [-0.15, -0.1) is 0 Å². The quantitative estimate of drug-likeness (QED) is 0.464. The van der Waals surface area contributed by atoms with Crippen LogP contribution in [0, 0.1) is 0 Å². The molecular formula is C22H19NO7. The molecule has 0 saturated heterocycles. The molecule has 0 radical (unpaired) electrons. The van der Waals surface area contributed by atoms with E-state index >= 15 is 0 Å². The number of rotatable bonds is 5. The summed E-state index contributed by atoms with van der Waals surface area (Å²) < 4.78 is 27.5. The second-order valence-corrected chi connectivity index (χ2v) is 6.50. The van der Waals surface area contributed by atoms with E-state index in [1.54, 1.807) is 19.4 Å². The maximum Gasteiger partial charge on any atom is 0.308 e. The zero-order chi connectivity index (χ0) is 21.6. The Morgan fingerprint density at radius 3 is 2.10 bits per heavy atom. The van der Waals surface area contributed by atoms with Crippen molar-refractivity contribution in [2.24, 2.45) is 0 Å². The van der Waals surface area contributed by atoms with Crippen molar-refractivity contribution < 1.29 is 28.5 Å². The van der Waals surface area contributed by atoms with Crippen LogP contribution in [0.3, 0.4) is 0 Å². The zero-order valence-corrected chi connectivity index (χ0v) is 17.1. The number of fused-ring (bicyclic) bond motifs is 3. The fraction of sp³-hybridized carbons (Fsp3) is 0.227. The van der Waals surface area contributed by atoms with E-state index in [4.69, 9.17) is 23.7 Å². The number of hydrogen-bond acceptors (Lipinski definition) is 8. The average molecular weight is 409 g/mol. The molecule has 0 N–H and O–H groups in total. The minimum Gasteiger partial charge on any atom is -0.492 e. The highest BCUT2D eigenvalue weighted by Gasteiger charge is 2.34. The first kappa shape index (κ1) is 19.5. The number of pyridine rings is 1. The van der Waals surface area contributed by atoms with Gasteiger partial charge < -0.3 is 23.7 Å². The Bertz CT molecular complexity index is 1270. The Hall–Kier alpha value is -3.81. The van der Waals surface area contributed by atoms with E-state index in [1.165, 1.54) is 34.3 Å². The molecule has 0 saturated carbocycles. The van der Waals surface area contributed by atoms with Crippen molar-refractivity contribution in [1.82, 2.24) is 4.98 Å². The molecule has 8 heteroatoms. The first-order valence-corrected chi connectivity index (χ1v) is 9.03. The number of hydrogen-bond donors (Lipinski definition) is 0. The second-order valence-electron chi connectivity index (χ2n) is 6.50. The summed E-state index contributed by atoms with van der Waals surface area (Å²) in [7, 11) is 5.98. The van der Waals surface area contributed by atoms with Gasteiger partial charge in [-0.3, -0.25) is 14.6 Å². The first-order valence-electron chi connectivity index (χ1n) is 9.03. The van der Waals surface area contributed by atoms with Crippen molar-refractivity contribution in [2.45, 2.75) is 6.92 Å². The highest BCUT2D eigenvalue weighted by atomic mass is 16.5. The molecule has 0 bridgehead atoms. The van der Waals surface area contributed by atoms with Crippen LogP contribution in [0.2, 0.25) is 0 Å². The van der Waals surface area contributed by atoms with Gasteiger partial charge in [-0.05, 0) is 23.8 Å². The van der Waals surface area contributed by atoms with E-state index in [-0.39, 0.29) is 11.5 Å². The number of carbonyl (C=O) groups is 1. The monoisotopic (exact) mass is 409 g/mol. The lowest BCUT2D eigenvalue weighted by Crippen LogP contribution is -2.12. The smallest absolute Gasteiger partial charge is 0.308 e. The van der Waals surface area contributed by atoms with Crippen LogP contribution < -0.4 is 29.1 Å². The van der Waals surface area contributed by atoms with Gasteiger partial charge >= 0.3 is 5.97 Å². The number of nitrogens with zero attached hydrogens (tertiary/aromatic N) is 1. The van der Waals surface area contributed by atoms with Crippen LogP contribution in [-0.2, 0) is 4.79 Å². The van der Waals surface area contributed by atoms with Gasteiger partial charge in [0, 0.05) is 29.5 Å². The van der Waals surface area contributed by atoms with Crippen molar-refractivity contribution in [3.05, 3.63) is 34.6 Å². The summed E-state index contributed by atoms with van der Waals surface area (Å²) in [5.41, 5.74) is 1.79. The van der Waals surface area contributed by atoms with Crippen molar-refractivity contribution in [3.63, 3.8) is 0 Å². The topological polar surface area (TPSA) is 93.2 Å². The fourth-order valence-electron chi connectivity index (χ4n) is 3.93. The summed E-state index contributed by atoms with van der Waals surface area (Å²) in [6.45, 7) is 1.23. The third kappa shape index (κ3) is 2.57. The third-order valence-electron chi connectivity index (χ3n) is 4.99. The largest absolute Gasteiger partial charge is 0.492 e. The summed E-state index contributed by atoms with van der Waals surface area (Å²) >= 11 is 0. The number of esters is 1. The molecule has 1 aromatic heterocycles. The molecule has 4 rings (SSSR count). The Balaban J connectivity index is 2.23. The highest BCUT2D eigenvalue weighted by Crippen LogP contribution is 2.58. The van der Waals surface area contributed by atoms with Gasteiger partial charge in [-0.25, -0.2) is 0 Å². The zero-order valence-electron chi connectivity index (χ0n) is 17.1. The molecule has 0 unspecified atom stereocenters. The van der Waals surface area contributed by atoms with Crippen molar-refractivity contribution in [1.29, 1.82) is 0 Å². The highest BCUT2D eigenvalue weighted by molar-refractivity contribution is 6.19. The van der Waals surface area contributed by atoms with E-state index < -0.39 is 11.4 Å². The third-order valence-corrected chi connectivity index (χ3v) is 4.99. The van der Waals surface area contributed by atoms with E-state index in [0.29, 0.717) is 39.6 Å². The van der Waals surface area contributed by atoms with Crippen molar-refractivity contribution in [3.8, 4) is 51.1 Å². The van der Waals surface area contributed by atoms with E-state index in [1.807, 2.05) is 6.07 Å². The summed E-state index contributed by atoms with van der Waals surface area (Å²) in [6, 6.07) is 4.94. The molecule has 30 heavy (non-hydrogen) atoms. The molecule has 0 aliphatic heterocycles. The summed E-state index contributed by atoms with van der Waals surface area (Å²) in [4.78, 5) is 29.0. The number of benzene rings is 1. The lowest BCUT2D eigenvalue weighted by Gasteiger charge is -2.17. The molecule has 3 aromatic rings. The molecule has 0 spiro atoms. The summed E-state index contributed by atoms with van der Waals surface area (Å²) in [6.07, 6.45) is 1.62. The maximum absolute atomic E-state index is 13.1. The number of ether oxygens (including phenoxy) is 5. The second kappa shape index (κ2) is 7.22. The van der Waals surface area contributed by atoms with Crippen LogP contribution in [0.25, 0.3) is 33.2 Å². The predicted octanol–water partition coefficient (Wildman–Crippen LogP) is 3.20. The van der Waals surface area contributed by atoms with Crippen molar-refractivity contribution in [2.75, 3.05) is 28.4 Å². The molecule has 8 nitrogen and oxygen atoms in total. The number of methoxy groups -OCH3 is 4. The molecule has 2 aromatic carbocycles. The SMILES string of the molecule is COc1c(OC)c2c3c(nccc3c1OC)-c1c-2ccc(OC(C)=O)c(=O)c1OC. The van der Waals surface area contributed by atoms with Crippen LogP contribution >= 0.6 is 0 Å². The van der Waals surface area contributed by atoms with E-state index in [2.05, 4.69) is 4.98 Å². The molecule has 0 amide bonds. The van der Waals surface area contributed by atoms with Crippen LogP contribution in [-0.4, -0.2) is 39.4 Å². The Morgan fingerprint density at radius 1 is 0.833 bits per heavy atom. The number of aromatic nitrogens is 1. The minimum atomic E-state index is -0.606. The summed E-state index contributed by atoms with van der Waals surface area (Å²) in [5.74, 6) is 0.621. The molecule has 1 heterocycles. The Kier molecular flexibility index (Phi) is 4.69. The summed E-state index contributed by atoms with van der Waals surface area (Å²) in [5, 5.41) is 1.50. The van der Waals surface area contributed by atoms with Gasteiger partial charge in [0.2, 0.25) is 5.75 Å². The Labute approximate surface area is 171 Å². The standard InChI is InChI=1S/C22H19NO7/c1-10(24)30-13-7-6-11-15-14-12(19(26-2)22(29-5)21(15)28-4)8-9-23-17(14)16(11)20(27-3)18(13)25/h6-9H,1-5H3. The lowest BCUT2D eigenvalue weighted by atomic mass is 10.0. The van der Waals surface area contributed by atoms with Gasteiger partial charge in [-0.2, -0.15) is 0 Å². The van der Waals surface area contributed by atoms with Crippen LogP contribution in [0.1, 0.15) is 6.92 Å². The van der Waals surface area contributed by atoms with E-state index in [0.717, 1.165) is 10.8 Å². The molecule has 0 fully saturated rings. The number of carbonyl (C=O) groups excluding carboxylic acids is 1. The molecular weight excluding hydrogens is 390 g/mol. The predicted molar refractivity (Wildman–Crippen MR) is 110 cm³/mol. The molecule has 154 valence electrons. The van der Waals surface area contributed by atoms with Gasteiger partial charge in [0.1, 0.15) is 0 Å². The maximum atomic E-state index is 13.1. The normalized spacial score (nSPS) is 11.1. The van der Waals surface area contributed by atoms with Gasteiger partial charge in [0.05, 0.1) is 39.7 Å². The van der Waals surface area contributed by atoms with Gasteiger partial charge in [-0.1, -0.05) is 0 Å². The first-order chi connectivity index (χ1) is 14.5. The average Bonchev–Trinajstić information content (AvgIpc) is 2.99. The van der Waals surface area contributed by atoms with Crippen LogP contribution in [0.5, 0.6) is 28.7 Å². The van der Waals surface area contributed by atoms with E-state index in [9.17, 15) is 9.59 Å². The van der Waals surface area contributed by atoms with Crippen LogP contribution in [0.4, 0.5) is 0 Å². The van der Waals surface area contributed by atoms with Crippen molar-refractivity contribution >= 4 is 16.7 Å². The molecule has 1 aliphatic rings. The fourth-order valence-corrected chi connectivity index (χ4v) is 3.93. The minimum absolute atomic E-state index is 0.0161. The van der Waals surface area contributed by atoms with Gasteiger partial charge in [0.25, 0.3) is 5.43 Å². The lowest BCUT2D eigenvalue weighted by molar-refractivity contribution is -0.131. The van der Waals surface area contributed by atoms with Gasteiger partial charge in [0.15, 0.2) is 23.0 Å².